The number of nitrogens with zero attached hydrogens (tertiary/aromatic N) is 1. The van der Waals surface area contributed by atoms with Crippen LogP contribution in [-0.2, 0) is 10.0 Å². The Labute approximate surface area is 96.1 Å². The smallest absolute Gasteiger partial charge is 0.243 e. The minimum absolute atomic E-state index is 0.147. The van der Waals surface area contributed by atoms with Crippen molar-refractivity contribution < 1.29 is 8.42 Å². The average Bonchev–Trinajstić information content (AvgIpc) is 2.17. The fourth-order valence-electron chi connectivity index (χ4n) is 1.51. The first-order chi connectivity index (χ1) is 7.41. The molecular formula is C10H17N3O2S. The lowest BCUT2D eigenvalue weighted by molar-refractivity contribution is 0.445. The van der Waals surface area contributed by atoms with Crippen molar-refractivity contribution in [3.8, 4) is 0 Å². The van der Waals surface area contributed by atoms with Crippen molar-refractivity contribution >= 4 is 21.4 Å². The summed E-state index contributed by atoms with van der Waals surface area (Å²) in [6, 6.07) is 4.37. The molecular weight excluding hydrogens is 226 g/mol. The van der Waals surface area contributed by atoms with Crippen molar-refractivity contribution in [1.82, 2.24) is 4.31 Å². The van der Waals surface area contributed by atoms with E-state index in [4.69, 9.17) is 11.5 Å². The first-order valence-electron chi connectivity index (χ1n) is 5.08. The van der Waals surface area contributed by atoms with Gasteiger partial charge in [0, 0.05) is 24.5 Å². The molecule has 1 aromatic rings. The van der Waals surface area contributed by atoms with E-state index < -0.39 is 10.0 Å². The number of sulfonamides is 1. The second-order valence-electron chi connectivity index (χ2n) is 3.42. The highest BCUT2D eigenvalue weighted by Gasteiger charge is 2.21. The average molecular weight is 243 g/mol. The van der Waals surface area contributed by atoms with Crippen molar-refractivity contribution in [2.75, 3.05) is 24.6 Å². The van der Waals surface area contributed by atoms with E-state index in [-0.39, 0.29) is 4.90 Å². The van der Waals surface area contributed by atoms with Crippen molar-refractivity contribution in [3.05, 3.63) is 18.2 Å². The fraction of sp³-hybridized carbons (Fsp3) is 0.400. The van der Waals surface area contributed by atoms with Gasteiger partial charge < -0.3 is 11.5 Å². The summed E-state index contributed by atoms with van der Waals surface area (Å²) in [5, 5.41) is 0. The molecule has 0 bridgehead atoms. The van der Waals surface area contributed by atoms with E-state index >= 15 is 0 Å². The van der Waals surface area contributed by atoms with Gasteiger partial charge in [0.1, 0.15) is 0 Å². The molecule has 0 aliphatic heterocycles. The van der Waals surface area contributed by atoms with E-state index in [1.54, 1.807) is 13.8 Å². The van der Waals surface area contributed by atoms with Gasteiger partial charge in [-0.05, 0) is 18.2 Å². The van der Waals surface area contributed by atoms with E-state index in [1.165, 1.54) is 22.5 Å². The molecule has 90 valence electrons. The van der Waals surface area contributed by atoms with Gasteiger partial charge in [-0.3, -0.25) is 0 Å². The van der Waals surface area contributed by atoms with Crippen LogP contribution >= 0.6 is 0 Å². The molecule has 4 N–H and O–H groups in total. The SMILES string of the molecule is CCN(CC)S(=O)(=O)c1cc(N)cc(N)c1. The largest absolute Gasteiger partial charge is 0.399 e. The van der Waals surface area contributed by atoms with Crippen LogP contribution in [0.1, 0.15) is 13.8 Å². The van der Waals surface area contributed by atoms with Gasteiger partial charge in [0.05, 0.1) is 4.90 Å². The summed E-state index contributed by atoms with van der Waals surface area (Å²) in [6.45, 7) is 4.43. The number of nitrogen functional groups attached to an aromatic ring is 2. The molecule has 0 heterocycles. The van der Waals surface area contributed by atoms with Gasteiger partial charge in [0.15, 0.2) is 0 Å². The normalized spacial score (nSPS) is 11.9. The number of anilines is 2. The van der Waals surface area contributed by atoms with E-state index in [0.29, 0.717) is 24.5 Å². The number of rotatable bonds is 4. The van der Waals surface area contributed by atoms with Crippen LogP contribution in [0.2, 0.25) is 0 Å². The highest BCUT2D eigenvalue weighted by Crippen LogP contribution is 2.21. The van der Waals surface area contributed by atoms with Gasteiger partial charge in [-0.1, -0.05) is 13.8 Å². The Bertz CT molecular complexity index is 447. The maximum atomic E-state index is 12.1. The van der Waals surface area contributed by atoms with Crippen LogP contribution in [-0.4, -0.2) is 25.8 Å². The van der Waals surface area contributed by atoms with E-state index in [0.717, 1.165) is 0 Å². The van der Waals surface area contributed by atoms with Crippen LogP contribution in [0.4, 0.5) is 11.4 Å². The van der Waals surface area contributed by atoms with E-state index in [1.807, 2.05) is 0 Å². The molecule has 1 rings (SSSR count). The Hall–Kier alpha value is -1.27. The zero-order valence-corrected chi connectivity index (χ0v) is 10.3. The monoisotopic (exact) mass is 243 g/mol. The molecule has 6 heteroatoms. The Balaban J connectivity index is 3.26. The summed E-state index contributed by atoms with van der Waals surface area (Å²) in [7, 11) is -3.47. The Morgan fingerprint density at radius 1 is 1.06 bits per heavy atom. The van der Waals surface area contributed by atoms with Crippen LogP contribution in [0.25, 0.3) is 0 Å². The topological polar surface area (TPSA) is 89.4 Å². The number of nitrogens with two attached hydrogens (primary N) is 2. The minimum atomic E-state index is -3.47. The predicted octanol–water partition coefficient (Wildman–Crippen LogP) is 0.882. The van der Waals surface area contributed by atoms with Crippen molar-refractivity contribution in [2.24, 2.45) is 0 Å². The highest BCUT2D eigenvalue weighted by molar-refractivity contribution is 7.89. The fourth-order valence-corrected chi connectivity index (χ4v) is 3.06. The zero-order valence-electron chi connectivity index (χ0n) is 9.47. The third-order valence-electron chi connectivity index (χ3n) is 2.29. The van der Waals surface area contributed by atoms with Crippen LogP contribution in [0.3, 0.4) is 0 Å². The van der Waals surface area contributed by atoms with Crippen molar-refractivity contribution in [1.29, 1.82) is 0 Å². The first-order valence-corrected chi connectivity index (χ1v) is 6.52. The molecule has 0 radical (unpaired) electrons. The lowest BCUT2D eigenvalue weighted by atomic mass is 10.3. The zero-order chi connectivity index (χ0) is 12.3. The molecule has 0 amide bonds. The van der Waals surface area contributed by atoms with Gasteiger partial charge in [0.25, 0.3) is 0 Å². The maximum Gasteiger partial charge on any atom is 0.243 e. The molecule has 0 aromatic heterocycles. The van der Waals surface area contributed by atoms with Gasteiger partial charge in [0.2, 0.25) is 10.0 Å². The summed E-state index contributed by atoms with van der Waals surface area (Å²) in [5.41, 5.74) is 11.9. The number of benzene rings is 1. The summed E-state index contributed by atoms with van der Waals surface area (Å²) < 4.78 is 25.6. The molecule has 0 fully saturated rings. The summed E-state index contributed by atoms with van der Waals surface area (Å²) in [5.74, 6) is 0. The molecule has 0 unspecified atom stereocenters. The van der Waals surface area contributed by atoms with Crippen molar-refractivity contribution in [2.45, 2.75) is 18.7 Å². The molecule has 16 heavy (non-hydrogen) atoms. The Kier molecular flexibility index (Phi) is 3.77. The van der Waals surface area contributed by atoms with Crippen LogP contribution in [0.5, 0.6) is 0 Å². The first kappa shape index (κ1) is 12.8. The standard InChI is InChI=1S/C10H17N3O2S/c1-3-13(4-2)16(14,15)10-6-8(11)5-9(12)7-10/h5-7H,3-4,11-12H2,1-2H3. The van der Waals surface area contributed by atoms with Crippen LogP contribution in [0, 0.1) is 0 Å². The third kappa shape index (κ3) is 2.45. The Morgan fingerprint density at radius 2 is 1.50 bits per heavy atom. The molecule has 0 atom stereocenters. The minimum Gasteiger partial charge on any atom is -0.399 e. The molecule has 0 aliphatic rings. The maximum absolute atomic E-state index is 12.1. The van der Waals surface area contributed by atoms with Crippen LogP contribution < -0.4 is 11.5 Å². The summed E-state index contributed by atoms with van der Waals surface area (Å²) >= 11 is 0. The number of hydrogen-bond donors (Lipinski definition) is 2. The second-order valence-corrected chi connectivity index (χ2v) is 5.36. The Morgan fingerprint density at radius 3 is 1.88 bits per heavy atom. The number of hydrogen-bond acceptors (Lipinski definition) is 4. The molecule has 1 aromatic carbocycles. The van der Waals surface area contributed by atoms with Crippen molar-refractivity contribution in [3.63, 3.8) is 0 Å². The quantitative estimate of drug-likeness (QED) is 0.768. The van der Waals surface area contributed by atoms with E-state index in [9.17, 15) is 8.42 Å². The molecule has 0 saturated heterocycles. The second kappa shape index (κ2) is 4.71. The molecule has 0 saturated carbocycles. The third-order valence-corrected chi connectivity index (χ3v) is 4.32. The molecule has 0 spiro atoms. The van der Waals surface area contributed by atoms with E-state index in [2.05, 4.69) is 0 Å². The predicted molar refractivity (Wildman–Crippen MR) is 65.4 cm³/mol. The molecule has 5 nitrogen and oxygen atoms in total. The van der Waals surface area contributed by atoms with Gasteiger partial charge in [-0.2, -0.15) is 4.31 Å². The summed E-state index contributed by atoms with van der Waals surface area (Å²) in [4.78, 5) is 0.147. The summed E-state index contributed by atoms with van der Waals surface area (Å²) in [6.07, 6.45) is 0. The van der Waals surface area contributed by atoms with Crippen LogP contribution in [0.15, 0.2) is 23.1 Å². The lowest BCUT2D eigenvalue weighted by Gasteiger charge is -2.18. The lowest BCUT2D eigenvalue weighted by Crippen LogP contribution is -2.30. The van der Waals surface area contributed by atoms with Gasteiger partial charge >= 0.3 is 0 Å². The van der Waals surface area contributed by atoms with Gasteiger partial charge in [-0.25, -0.2) is 8.42 Å². The van der Waals surface area contributed by atoms with Gasteiger partial charge in [-0.15, -0.1) is 0 Å². The molecule has 0 aliphatic carbocycles. The highest BCUT2D eigenvalue weighted by atomic mass is 32.2.